The first-order valence-corrected chi connectivity index (χ1v) is 5.81. The van der Waals surface area contributed by atoms with Gasteiger partial charge in [0.1, 0.15) is 0 Å². The number of aromatic nitrogens is 1. The zero-order valence-corrected chi connectivity index (χ0v) is 10.1. The minimum Gasteiger partial charge on any atom is -0.344 e. The lowest BCUT2D eigenvalue weighted by Crippen LogP contribution is -2.01. The predicted molar refractivity (Wildman–Crippen MR) is 67.0 cm³/mol. The summed E-state index contributed by atoms with van der Waals surface area (Å²) >= 11 is 0. The SMILES string of the molecule is CCC(=O)c1c(C)n(CC)c2ccccc12. The molecule has 0 bridgehead atoms. The van der Waals surface area contributed by atoms with Crippen LogP contribution in [0.25, 0.3) is 10.9 Å². The van der Waals surface area contributed by atoms with Crippen LogP contribution in [-0.4, -0.2) is 10.4 Å². The van der Waals surface area contributed by atoms with E-state index in [0.29, 0.717) is 6.42 Å². The maximum atomic E-state index is 12.0. The molecule has 1 aromatic heterocycles. The Morgan fingerprint density at radius 3 is 2.56 bits per heavy atom. The van der Waals surface area contributed by atoms with E-state index in [4.69, 9.17) is 0 Å². The van der Waals surface area contributed by atoms with Gasteiger partial charge in [-0.1, -0.05) is 25.1 Å². The quantitative estimate of drug-likeness (QED) is 0.717. The summed E-state index contributed by atoms with van der Waals surface area (Å²) in [5.41, 5.74) is 3.16. The van der Waals surface area contributed by atoms with Gasteiger partial charge in [0.05, 0.1) is 0 Å². The first-order chi connectivity index (χ1) is 7.70. The first kappa shape index (κ1) is 10.9. The zero-order chi connectivity index (χ0) is 11.7. The molecule has 0 radical (unpaired) electrons. The van der Waals surface area contributed by atoms with Crippen molar-refractivity contribution in [2.45, 2.75) is 33.7 Å². The van der Waals surface area contributed by atoms with Gasteiger partial charge in [0.25, 0.3) is 0 Å². The Morgan fingerprint density at radius 1 is 1.25 bits per heavy atom. The molecule has 0 saturated carbocycles. The van der Waals surface area contributed by atoms with E-state index in [2.05, 4.69) is 17.6 Å². The van der Waals surface area contributed by atoms with Crippen molar-refractivity contribution in [3.63, 3.8) is 0 Å². The molecule has 1 heterocycles. The first-order valence-electron chi connectivity index (χ1n) is 5.81. The monoisotopic (exact) mass is 215 g/mol. The van der Waals surface area contributed by atoms with Gasteiger partial charge < -0.3 is 4.57 Å². The van der Waals surface area contributed by atoms with Crippen LogP contribution in [0.3, 0.4) is 0 Å². The summed E-state index contributed by atoms with van der Waals surface area (Å²) in [5.74, 6) is 0.237. The summed E-state index contributed by atoms with van der Waals surface area (Å²) in [6, 6.07) is 8.14. The molecule has 0 saturated heterocycles. The van der Waals surface area contributed by atoms with Crippen LogP contribution < -0.4 is 0 Å². The molecule has 84 valence electrons. The van der Waals surface area contributed by atoms with Crippen LogP contribution in [0.2, 0.25) is 0 Å². The fraction of sp³-hybridized carbons (Fsp3) is 0.357. The van der Waals surface area contributed by atoms with Crippen LogP contribution in [0, 0.1) is 6.92 Å². The molecule has 0 spiro atoms. The van der Waals surface area contributed by atoms with Crippen LogP contribution in [0.4, 0.5) is 0 Å². The molecule has 2 nitrogen and oxygen atoms in total. The maximum absolute atomic E-state index is 12.0. The molecule has 2 aromatic rings. The highest BCUT2D eigenvalue weighted by Gasteiger charge is 2.17. The average molecular weight is 215 g/mol. The largest absolute Gasteiger partial charge is 0.344 e. The smallest absolute Gasteiger partial charge is 0.165 e. The molecular formula is C14H17NO. The van der Waals surface area contributed by atoms with Gasteiger partial charge in [0.15, 0.2) is 5.78 Å². The van der Waals surface area contributed by atoms with Crippen LogP contribution in [0.1, 0.15) is 36.3 Å². The number of nitrogens with zero attached hydrogens (tertiary/aromatic N) is 1. The van der Waals surface area contributed by atoms with E-state index >= 15 is 0 Å². The highest BCUT2D eigenvalue weighted by Crippen LogP contribution is 2.26. The molecule has 0 fully saturated rings. The van der Waals surface area contributed by atoms with E-state index in [1.54, 1.807) is 0 Å². The summed E-state index contributed by atoms with van der Waals surface area (Å²) in [6.07, 6.45) is 0.568. The van der Waals surface area contributed by atoms with Crippen molar-refractivity contribution in [3.8, 4) is 0 Å². The van der Waals surface area contributed by atoms with E-state index in [-0.39, 0.29) is 5.78 Å². The van der Waals surface area contributed by atoms with Gasteiger partial charge in [0, 0.05) is 35.1 Å². The zero-order valence-electron chi connectivity index (χ0n) is 10.1. The van der Waals surface area contributed by atoms with E-state index in [9.17, 15) is 4.79 Å². The fourth-order valence-corrected chi connectivity index (χ4v) is 2.37. The summed E-state index contributed by atoms with van der Waals surface area (Å²) in [7, 11) is 0. The molecule has 2 rings (SSSR count). The van der Waals surface area contributed by atoms with Gasteiger partial charge in [-0.2, -0.15) is 0 Å². The molecule has 0 amide bonds. The van der Waals surface area contributed by atoms with E-state index in [1.165, 1.54) is 5.52 Å². The third-order valence-electron chi connectivity index (χ3n) is 3.15. The molecular weight excluding hydrogens is 198 g/mol. The number of fused-ring (bicyclic) bond motifs is 1. The second kappa shape index (κ2) is 4.12. The number of Topliss-reactive ketones (excluding diaryl/α,β-unsaturated/α-hetero) is 1. The molecule has 0 aliphatic rings. The lowest BCUT2D eigenvalue weighted by Gasteiger charge is -2.03. The van der Waals surface area contributed by atoms with Crippen molar-refractivity contribution in [3.05, 3.63) is 35.5 Å². The van der Waals surface area contributed by atoms with E-state index in [0.717, 1.165) is 23.2 Å². The number of para-hydroxylation sites is 1. The number of aryl methyl sites for hydroxylation is 1. The lowest BCUT2D eigenvalue weighted by molar-refractivity contribution is 0.0989. The van der Waals surface area contributed by atoms with Crippen molar-refractivity contribution in [2.24, 2.45) is 0 Å². The van der Waals surface area contributed by atoms with E-state index < -0.39 is 0 Å². The standard InChI is InChI=1S/C14H17NO/c1-4-13(16)14-10(3)15(5-2)12-9-7-6-8-11(12)14/h6-9H,4-5H2,1-3H3. The Labute approximate surface area is 95.9 Å². The van der Waals surface area contributed by atoms with Crippen LogP contribution in [0.5, 0.6) is 0 Å². The summed E-state index contributed by atoms with van der Waals surface area (Å²) in [4.78, 5) is 12.0. The van der Waals surface area contributed by atoms with Crippen molar-refractivity contribution >= 4 is 16.7 Å². The minimum atomic E-state index is 0.237. The Balaban J connectivity index is 2.82. The van der Waals surface area contributed by atoms with Crippen LogP contribution >= 0.6 is 0 Å². The third-order valence-corrected chi connectivity index (χ3v) is 3.15. The summed E-state index contributed by atoms with van der Waals surface area (Å²) < 4.78 is 2.21. The van der Waals surface area contributed by atoms with Gasteiger partial charge in [-0.3, -0.25) is 4.79 Å². The van der Waals surface area contributed by atoms with Crippen molar-refractivity contribution in [1.82, 2.24) is 4.57 Å². The lowest BCUT2D eigenvalue weighted by atomic mass is 10.1. The molecule has 0 aliphatic heterocycles. The highest BCUT2D eigenvalue weighted by molar-refractivity contribution is 6.09. The summed E-state index contributed by atoms with van der Waals surface area (Å²) in [6.45, 7) is 6.97. The maximum Gasteiger partial charge on any atom is 0.165 e. The Kier molecular flexibility index (Phi) is 2.82. The summed E-state index contributed by atoms with van der Waals surface area (Å²) in [5, 5.41) is 1.09. The number of hydrogen-bond acceptors (Lipinski definition) is 1. The van der Waals surface area contributed by atoms with Gasteiger partial charge in [0.2, 0.25) is 0 Å². The normalized spacial score (nSPS) is 10.9. The second-order valence-corrected chi connectivity index (χ2v) is 4.00. The van der Waals surface area contributed by atoms with Gasteiger partial charge in [-0.25, -0.2) is 0 Å². The van der Waals surface area contributed by atoms with Crippen molar-refractivity contribution in [1.29, 1.82) is 0 Å². The Morgan fingerprint density at radius 2 is 1.94 bits per heavy atom. The fourth-order valence-electron chi connectivity index (χ4n) is 2.37. The Bertz CT molecular complexity index is 537. The Hall–Kier alpha value is -1.57. The number of carbonyl (C=O) groups is 1. The predicted octanol–water partition coefficient (Wildman–Crippen LogP) is 3.56. The topological polar surface area (TPSA) is 22.0 Å². The van der Waals surface area contributed by atoms with Crippen molar-refractivity contribution in [2.75, 3.05) is 0 Å². The highest BCUT2D eigenvalue weighted by atomic mass is 16.1. The average Bonchev–Trinajstić information content (AvgIpc) is 2.60. The van der Waals surface area contributed by atoms with Crippen LogP contribution in [0.15, 0.2) is 24.3 Å². The number of rotatable bonds is 3. The number of benzene rings is 1. The molecule has 0 aliphatic carbocycles. The van der Waals surface area contributed by atoms with Gasteiger partial charge >= 0.3 is 0 Å². The van der Waals surface area contributed by atoms with E-state index in [1.807, 2.05) is 32.0 Å². The van der Waals surface area contributed by atoms with Crippen LogP contribution in [-0.2, 0) is 6.54 Å². The number of ketones is 1. The molecule has 1 aromatic carbocycles. The molecule has 2 heteroatoms. The molecule has 0 unspecified atom stereocenters. The number of hydrogen-bond donors (Lipinski definition) is 0. The third kappa shape index (κ3) is 1.45. The molecule has 0 N–H and O–H groups in total. The second-order valence-electron chi connectivity index (χ2n) is 4.00. The van der Waals surface area contributed by atoms with Gasteiger partial charge in [-0.05, 0) is 19.9 Å². The molecule has 0 atom stereocenters. The minimum absolute atomic E-state index is 0.237. The molecule has 16 heavy (non-hydrogen) atoms. The van der Waals surface area contributed by atoms with Gasteiger partial charge in [-0.15, -0.1) is 0 Å². The van der Waals surface area contributed by atoms with Crippen molar-refractivity contribution < 1.29 is 4.79 Å². The number of carbonyl (C=O) groups excluding carboxylic acids is 1.